The summed E-state index contributed by atoms with van der Waals surface area (Å²) in [6, 6.07) is 13.7. The largest absolute Gasteiger partial charge is 0.491 e. The number of ether oxygens (including phenoxy) is 1. The van der Waals surface area contributed by atoms with Gasteiger partial charge in [0.15, 0.2) is 0 Å². The van der Waals surface area contributed by atoms with Crippen LogP contribution in [-0.2, 0) is 6.54 Å². The summed E-state index contributed by atoms with van der Waals surface area (Å²) in [5, 5.41) is 11.5. The summed E-state index contributed by atoms with van der Waals surface area (Å²) in [7, 11) is 0. The first-order valence-electron chi connectivity index (χ1n) is 9.26. The van der Waals surface area contributed by atoms with Gasteiger partial charge in [0.05, 0.1) is 10.0 Å². The SMILES string of the molecule is Cc1ccc(OC[C@H](O)CN2CCN(Cc3ccc(Cl)c(Cl)c3)CC2)cc1. The van der Waals surface area contributed by atoms with Crippen LogP contribution in [0.3, 0.4) is 0 Å². The Labute approximate surface area is 171 Å². The summed E-state index contributed by atoms with van der Waals surface area (Å²) in [4.78, 5) is 4.68. The molecule has 1 aliphatic heterocycles. The maximum absolute atomic E-state index is 10.3. The quantitative estimate of drug-likeness (QED) is 0.754. The Bertz CT molecular complexity index is 731. The molecule has 0 bridgehead atoms. The summed E-state index contributed by atoms with van der Waals surface area (Å²) < 4.78 is 5.67. The summed E-state index contributed by atoms with van der Waals surface area (Å²) in [6.45, 7) is 7.64. The number of nitrogens with zero attached hydrogens (tertiary/aromatic N) is 2. The van der Waals surface area contributed by atoms with Crippen molar-refractivity contribution < 1.29 is 9.84 Å². The van der Waals surface area contributed by atoms with Crippen molar-refractivity contribution in [3.8, 4) is 5.75 Å². The second-order valence-corrected chi connectivity index (χ2v) is 7.92. The minimum atomic E-state index is -0.493. The molecule has 3 rings (SSSR count). The predicted molar refractivity (Wildman–Crippen MR) is 111 cm³/mol. The number of β-amino-alcohol motifs (C(OH)–C–C–N with tert-alkyl or cyclic N) is 1. The minimum Gasteiger partial charge on any atom is -0.491 e. The number of rotatable bonds is 7. The van der Waals surface area contributed by atoms with Crippen molar-refractivity contribution >= 4 is 23.2 Å². The summed E-state index contributed by atoms with van der Waals surface area (Å²) in [5.74, 6) is 0.797. The first-order chi connectivity index (χ1) is 13.0. The van der Waals surface area contributed by atoms with E-state index in [1.807, 2.05) is 49.4 Å². The van der Waals surface area contributed by atoms with Gasteiger partial charge < -0.3 is 9.84 Å². The molecular formula is C21H26Cl2N2O2. The van der Waals surface area contributed by atoms with Crippen LogP contribution >= 0.6 is 23.2 Å². The smallest absolute Gasteiger partial charge is 0.119 e. The van der Waals surface area contributed by atoms with Crippen LogP contribution in [0.2, 0.25) is 10.0 Å². The van der Waals surface area contributed by atoms with E-state index in [1.54, 1.807) is 0 Å². The highest BCUT2D eigenvalue weighted by molar-refractivity contribution is 6.42. The topological polar surface area (TPSA) is 35.9 Å². The van der Waals surface area contributed by atoms with Gasteiger partial charge in [-0.15, -0.1) is 0 Å². The summed E-state index contributed by atoms with van der Waals surface area (Å²) in [6.07, 6.45) is -0.493. The van der Waals surface area contributed by atoms with Crippen LogP contribution in [0.15, 0.2) is 42.5 Å². The van der Waals surface area contributed by atoms with Gasteiger partial charge in [0.2, 0.25) is 0 Å². The molecule has 0 radical (unpaired) electrons. The molecule has 1 heterocycles. The molecule has 27 heavy (non-hydrogen) atoms. The summed E-state index contributed by atoms with van der Waals surface area (Å²) in [5.41, 5.74) is 2.37. The molecular weight excluding hydrogens is 383 g/mol. The highest BCUT2D eigenvalue weighted by Crippen LogP contribution is 2.23. The van der Waals surface area contributed by atoms with Crippen LogP contribution in [-0.4, -0.2) is 60.3 Å². The Morgan fingerprint density at radius 2 is 1.63 bits per heavy atom. The Morgan fingerprint density at radius 1 is 0.963 bits per heavy atom. The average Bonchev–Trinajstić information content (AvgIpc) is 2.66. The highest BCUT2D eigenvalue weighted by atomic mass is 35.5. The standard InChI is InChI=1S/C21H26Cl2N2O2/c1-16-2-5-19(6-3-16)27-15-18(26)14-25-10-8-24(9-11-25)13-17-4-7-20(22)21(23)12-17/h2-7,12,18,26H,8-11,13-15H2,1H3/t18-/m1/s1. The Morgan fingerprint density at radius 3 is 2.30 bits per heavy atom. The van der Waals surface area contributed by atoms with E-state index in [2.05, 4.69) is 9.80 Å². The number of aliphatic hydroxyl groups is 1. The molecule has 1 N–H and O–H groups in total. The van der Waals surface area contributed by atoms with Gasteiger partial charge in [-0.25, -0.2) is 0 Å². The molecule has 2 aromatic carbocycles. The number of piperazine rings is 1. The normalized spacial score (nSPS) is 17.0. The van der Waals surface area contributed by atoms with E-state index in [1.165, 1.54) is 11.1 Å². The van der Waals surface area contributed by atoms with Crippen LogP contribution in [0.25, 0.3) is 0 Å². The number of halogens is 2. The number of hydrogen-bond acceptors (Lipinski definition) is 4. The molecule has 0 saturated carbocycles. The van der Waals surface area contributed by atoms with Crippen molar-refractivity contribution in [2.45, 2.75) is 19.6 Å². The molecule has 0 amide bonds. The molecule has 0 aliphatic carbocycles. The van der Waals surface area contributed by atoms with Crippen LogP contribution in [0.4, 0.5) is 0 Å². The third-order valence-electron chi connectivity index (χ3n) is 4.79. The maximum atomic E-state index is 10.3. The van der Waals surface area contributed by atoms with E-state index in [0.29, 0.717) is 23.2 Å². The lowest BCUT2D eigenvalue weighted by molar-refractivity contribution is 0.0446. The van der Waals surface area contributed by atoms with Gasteiger partial charge in [-0.1, -0.05) is 47.0 Å². The van der Waals surface area contributed by atoms with Gasteiger partial charge in [-0.3, -0.25) is 9.80 Å². The molecule has 6 heteroatoms. The number of aliphatic hydroxyl groups excluding tert-OH is 1. The van der Waals surface area contributed by atoms with Crippen LogP contribution in [0.1, 0.15) is 11.1 Å². The van der Waals surface area contributed by atoms with E-state index in [4.69, 9.17) is 27.9 Å². The molecule has 0 unspecified atom stereocenters. The molecule has 146 valence electrons. The van der Waals surface area contributed by atoms with Crippen molar-refractivity contribution in [1.29, 1.82) is 0 Å². The third kappa shape index (κ3) is 6.37. The zero-order valence-electron chi connectivity index (χ0n) is 15.6. The summed E-state index contributed by atoms with van der Waals surface area (Å²) >= 11 is 12.1. The van der Waals surface area contributed by atoms with Crippen LogP contribution < -0.4 is 4.74 Å². The van der Waals surface area contributed by atoms with Crippen molar-refractivity contribution in [2.75, 3.05) is 39.3 Å². The first kappa shape index (κ1) is 20.4. The van der Waals surface area contributed by atoms with Crippen molar-refractivity contribution in [3.63, 3.8) is 0 Å². The Balaban J connectivity index is 1.38. The fraction of sp³-hybridized carbons (Fsp3) is 0.429. The zero-order chi connectivity index (χ0) is 19.2. The van der Waals surface area contributed by atoms with Gasteiger partial charge in [-0.2, -0.15) is 0 Å². The molecule has 0 spiro atoms. The van der Waals surface area contributed by atoms with Crippen molar-refractivity contribution in [3.05, 3.63) is 63.6 Å². The Kier molecular flexibility index (Phi) is 7.39. The molecule has 0 aromatic heterocycles. The monoisotopic (exact) mass is 408 g/mol. The van der Waals surface area contributed by atoms with E-state index in [9.17, 15) is 5.11 Å². The molecule has 1 atom stereocenters. The lowest BCUT2D eigenvalue weighted by Crippen LogP contribution is -2.48. The van der Waals surface area contributed by atoms with Gasteiger partial charge in [0.1, 0.15) is 18.5 Å². The van der Waals surface area contributed by atoms with E-state index >= 15 is 0 Å². The molecule has 4 nitrogen and oxygen atoms in total. The van der Waals surface area contributed by atoms with Crippen molar-refractivity contribution in [2.24, 2.45) is 0 Å². The third-order valence-corrected chi connectivity index (χ3v) is 5.53. The molecule has 1 aliphatic rings. The number of benzene rings is 2. The van der Waals surface area contributed by atoms with Crippen molar-refractivity contribution in [1.82, 2.24) is 9.80 Å². The second kappa shape index (κ2) is 9.76. The zero-order valence-corrected chi connectivity index (χ0v) is 17.1. The van der Waals surface area contributed by atoms with E-state index in [0.717, 1.165) is 38.5 Å². The highest BCUT2D eigenvalue weighted by Gasteiger charge is 2.19. The van der Waals surface area contributed by atoms with E-state index in [-0.39, 0.29) is 0 Å². The molecule has 1 saturated heterocycles. The predicted octanol–water partition coefficient (Wildman–Crippen LogP) is 3.86. The molecule has 1 fully saturated rings. The fourth-order valence-electron chi connectivity index (χ4n) is 3.20. The lowest BCUT2D eigenvalue weighted by atomic mass is 10.2. The van der Waals surface area contributed by atoms with Gasteiger partial charge >= 0.3 is 0 Å². The Hall–Kier alpha value is -1.30. The first-order valence-corrected chi connectivity index (χ1v) is 10.0. The number of hydrogen-bond donors (Lipinski definition) is 1. The van der Waals surface area contributed by atoms with Gasteiger partial charge in [0.25, 0.3) is 0 Å². The minimum absolute atomic E-state index is 0.312. The fourth-order valence-corrected chi connectivity index (χ4v) is 3.52. The van der Waals surface area contributed by atoms with Gasteiger partial charge in [0, 0.05) is 39.3 Å². The second-order valence-electron chi connectivity index (χ2n) is 7.10. The maximum Gasteiger partial charge on any atom is 0.119 e. The van der Waals surface area contributed by atoms with Crippen LogP contribution in [0, 0.1) is 6.92 Å². The molecule has 2 aromatic rings. The van der Waals surface area contributed by atoms with E-state index < -0.39 is 6.10 Å². The van der Waals surface area contributed by atoms with Gasteiger partial charge in [-0.05, 0) is 36.8 Å². The average molecular weight is 409 g/mol. The lowest BCUT2D eigenvalue weighted by Gasteiger charge is -2.35. The number of aryl methyl sites for hydroxylation is 1. The van der Waals surface area contributed by atoms with Crippen LogP contribution in [0.5, 0.6) is 5.75 Å².